The van der Waals surface area contributed by atoms with Gasteiger partial charge in [0.05, 0.1) is 24.7 Å². The number of benzene rings is 1. The van der Waals surface area contributed by atoms with Gasteiger partial charge in [-0.1, -0.05) is 29.3 Å². The number of amides is 2. The fourth-order valence-electron chi connectivity index (χ4n) is 3.42. The molecule has 0 spiro atoms. The molecular weight excluding hydrogens is 413 g/mol. The monoisotopic (exact) mass is 433 g/mol. The fourth-order valence-corrected chi connectivity index (χ4v) is 3.90. The number of nitrogens with zero attached hydrogens (tertiary/aromatic N) is 3. The number of hydrogen-bond acceptors (Lipinski definition) is 4. The Balaban J connectivity index is 1.67. The van der Waals surface area contributed by atoms with Gasteiger partial charge in [-0.2, -0.15) is 10.4 Å². The summed E-state index contributed by atoms with van der Waals surface area (Å²) in [7, 11) is 0. The summed E-state index contributed by atoms with van der Waals surface area (Å²) in [6.45, 7) is 2.11. The van der Waals surface area contributed by atoms with Crippen molar-refractivity contribution < 1.29 is 9.59 Å². The Hall–Kier alpha value is -2.56. The average Bonchev–Trinajstić information content (AvgIpc) is 2.99. The van der Waals surface area contributed by atoms with Gasteiger partial charge in [0, 0.05) is 21.7 Å². The van der Waals surface area contributed by atoms with Crippen LogP contribution in [-0.4, -0.2) is 27.1 Å². The Labute approximate surface area is 179 Å². The molecule has 0 unspecified atom stereocenters. The standard InChI is InChI=1S/C20H21Cl2N5O2/c1-13-10-17(27(26-13)9-3-8-23)24-18(28)19(29)25-20(6-2-7-20)12-14-4-5-15(21)11-16(14)22/h4-5,10-11H,2-3,6-7,9,12H2,1H3,(H,24,28)(H,25,29). The van der Waals surface area contributed by atoms with Crippen molar-refractivity contribution in [2.24, 2.45) is 0 Å². The third-order valence-electron chi connectivity index (χ3n) is 5.02. The molecule has 1 aliphatic carbocycles. The lowest BCUT2D eigenvalue weighted by atomic mass is 9.72. The molecule has 1 heterocycles. The van der Waals surface area contributed by atoms with Crippen molar-refractivity contribution in [1.29, 1.82) is 5.26 Å². The van der Waals surface area contributed by atoms with Crippen molar-refractivity contribution in [2.45, 2.75) is 51.1 Å². The van der Waals surface area contributed by atoms with E-state index in [1.54, 1.807) is 25.1 Å². The van der Waals surface area contributed by atoms with Gasteiger partial charge < -0.3 is 10.6 Å². The highest BCUT2D eigenvalue weighted by Crippen LogP contribution is 2.37. The number of nitriles is 1. The van der Waals surface area contributed by atoms with Gasteiger partial charge in [0.25, 0.3) is 0 Å². The predicted molar refractivity (Wildman–Crippen MR) is 111 cm³/mol. The Kier molecular flexibility index (Phi) is 6.46. The summed E-state index contributed by atoms with van der Waals surface area (Å²) < 4.78 is 1.51. The molecule has 0 atom stereocenters. The van der Waals surface area contributed by atoms with Crippen LogP contribution < -0.4 is 10.6 Å². The van der Waals surface area contributed by atoms with E-state index in [1.165, 1.54) is 4.68 Å². The van der Waals surface area contributed by atoms with Crippen LogP contribution in [0, 0.1) is 18.3 Å². The molecule has 2 aromatic rings. The first-order chi connectivity index (χ1) is 13.8. The van der Waals surface area contributed by atoms with Crippen molar-refractivity contribution in [3.63, 3.8) is 0 Å². The first-order valence-corrected chi connectivity index (χ1v) is 10.1. The topological polar surface area (TPSA) is 99.8 Å². The van der Waals surface area contributed by atoms with Crippen LogP contribution in [0.5, 0.6) is 0 Å². The largest absolute Gasteiger partial charge is 0.342 e. The van der Waals surface area contributed by atoms with Crippen LogP contribution in [0.15, 0.2) is 24.3 Å². The molecule has 9 heteroatoms. The van der Waals surface area contributed by atoms with Gasteiger partial charge in [0.1, 0.15) is 5.82 Å². The number of carbonyl (C=O) groups excluding carboxylic acids is 2. The number of carbonyl (C=O) groups is 2. The zero-order valence-corrected chi connectivity index (χ0v) is 17.5. The molecule has 152 valence electrons. The van der Waals surface area contributed by atoms with Crippen LogP contribution in [-0.2, 0) is 22.6 Å². The average molecular weight is 434 g/mol. The van der Waals surface area contributed by atoms with Crippen molar-refractivity contribution in [1.82, 2.24) is 15.1 Å². The molecule has 1 aliphatic rings. The van der Waals surface area contributed by atoms with E-state index >= 15 is 0 Å². The molecule has 2 amide bonds. The van der Waals surface area contributed by atoms with Crippen molar-refractivity contribution >= 4 is 40.8 Å². The highest BCUT2D eigenvalue weighted by Gasteiger charge is 2.40. The third-order valence-corrected chi connectivity index (χ3v) is 5.61. The molecule has 0 saturated heterocycles. The maximum absolute atomic E-state index is 12.6. The number of hydrogen-bond donors (Lipinski definition) is 2. The second-order valence-electron chi connectivity index (χ2n) is 7.26. The van der Waals surface area contributed by atoms with E-state index < -0.39 is 17.4 Å². The van der Waals surface area contributed by atoms with Gasteiger partial charge >= 0.3 is 11.8 Å². The van der Waals surface area contributed by atoms with E-state index in [9.17, 15) is 9.59 Å². The minimum absolute atomic E-state index is 0.251. The van der Waals surface area contributed by atoms with Crippen LogP contribution in [0.3, 0.4) is 0 Å². The van der Waals surface area contributed by atoms with E-state index in [-0.39, 0.29) is 6.42 Å². The molecule has 0 bridgehead atoms. The van der Waals surface area contributed by atoms with Crippen molar-refractivity contribution in [3.8, 4) is 6.07 Å². The quantitative estimate of drug-likeness (QED) is 0.679. The molecular formula is C20H21Cl2N5O2. The molecule has 1 aromatic heterocycles. The maximum atomic E-state index is 12.6. The van der Waals surface area contributed by atoms with Crippen LogP contribution in [0.1, 0.15) is 36.9 Å². The van der Waals surface area contributed by atoms with E-state index in [0.717, 1.165) is 24.8 Å². The van der Waals surface area contributed by atoms with E-state index in [1.807, 2.05) is 12.1 Å². The Morgan fingerprint density at radius 1 is 1.28 bits per heavy atom. The van der Waals surface area contributed by atoms with E-state index in [2.05, 4.69) is 15.7 Å². The van der Waals surface area contributed by atoms with Crippen LogP contribution in [0.2, 0.25) is 10.0 Å². The van der Waals surface area contributed by atoms with Crippen LogP contribution in [0.4, 0.5) is 5.82 Å². The lowest BCUT2D eigenvalue weighted by Gasteiger charge is -2.42. The number of rotatable bonds is 6. The summed E-state index contributed by atoms with van der Waals surface area (Å²) in [5.74, 6) is -1.08. The minimum Gasteiger partial charge on any atom is -0.342 e. The van der Waals surface area contributed by atoms with Crippen molar-refractivity contribution in [2.75, 3.05) is 5.32 Å². The Morgan fingerprint density at radius 2 is 2.03 bits per heavy atom. The summed E-state index contributed by atoms with van der Waals surface area (Å²) >= 11 is 12.2. The molecule has 29 heavy (non-hydrogen) atoms. The predicted octanol–water partition coefficient (Wildman–Crippen LogP) is 3.63. The molecule has 7 nitrogen and oxygen atoms in total. The van der Waals surface area contributed by atoms with Gasteiger partial charge in [-0.25, -0.2) is 4.68 Å². The number of halogens is 2. The van der Waals surface area contributed by atoms with Crippen LogP contribution >= 0.6 is 23.2 Å². The van der Waals surface area contributed by atoms with Crippen LogP contribution in [0.25, 0.3) is 0 Å². The number of aryl methyl sites for hydroxylation is 2. The highest BCUT2D eigenvalue weighted by atomic mass is 35.5. The third kappa shape index (κ3) is 5.08. The van der Waals surface area contributed by atoms with Gasteiger partial charge in [0.15, 0.2) is 0 Å². The molecule has 1 fully saturated rings. The fraction of sp³-hybridized carbons (Fsp3) is 0.400. The van der Waals surface area contributed by atoms with E-state index in [4.69, 9.17) is 28.5 Å². The second-order valence-corrected chi connectivity index (χ2v) is 8.10. The normalized spacial score (nSPS) is 14.6. The molecule has 0 aliphatic heterocycles. The van der Waals surface area contributed by atoms with Gasteiger partial charge in [-0.05, 0) is 50.3 Å². The number of anilines is 1. The Bertz CT molecular complexity index is 976. The first-order valence-electron chi connectivity index (χ1n) is 9.31. The molecule has 2 N–H and O–H groups in total. The van der Waals surface area contributed by atoms with Gasteiger partial charge in [0.2, 0.25) is 0 Å². The summed E-state index contributed by atoms with van der Waals surface area (Å²) in [5, 5.41) is 19.5. The van der Waals surface area contributed by atoms with Crippen molar-refractivity contribution in [3.05, 3.63) is 45.6 Å². The smallest absolute Gasteiger partial charge is 0.314 e. The highest BCUT2D eigenvalue weighted by molar-refractivity contribution is 6.39. The number of nitrogens with one attached hydrogen (secondary N) is 2. The second kappa shape index (κ2) is 8.85. The Morgan fingerprint density at radius 3 is 2.66 bits per heavy atom. The molecule has 0 radical (unpaired) electrons. The number of aromatic nitrogens is 2. The van der Waals surface area contributed by atoms with Gasteiger partial charge in [-0.15, -0.1) is 0 Å². The van der Waals surface area contributed by atoms with E-state index in [0.29, 0.717) is 34.5 Å². The molecule has 3 rings (SSSR count). The maximum Gasteiger partial charge on any atom is 0.314 e. The molecule has 1 aromatic carbocycles. The molecule has 1 saturated carbocycles. The summed E-state index contributed by atoms with van der Waals surface area (Å²) in [5.41, 5.74) is 1.07. The minimum atomic E-state index is -0.767. The summed E-state index contributed by atoms with van der Waals surface area (Å²) in [6, 6.07) is 8.97. The lowest BCUT2D eigenvalue weighted by molar-refractivity contribution is -0.138. The SMILES string of the molecule is Cc1cc(NC(=O)C(=O)NC2(Cc3ccc(Cl)cc3Cl)CCC2)n(CCC#N)n1. The summed E-state index contributed by atoms with van der Waals surface area (Å²) in [4.78, 5) is 25.0. The van der Waals surface area contributed by atoms with Gasteiger partial charge in [-0.3, -0.25) is 9.59 Å². The lowest BCUT2D eigenvalue weighted by Crippen LogP contribution is -2.57. The zero-order valence-electron chi connectivity index (χ0n) is 16.0. The summed E-state index contributed by atoms with van der Waals surface area (Å²) in [6.07, 6.45) is 3.28. The zero-order chi connectivity index (χ0) is 21.0. The first kappa shape index (κ1) is 21.2.